The first-order valence-corrected chi connectivity index (χ1v) is 9.27. The lowest BCUT2D eigenvalue weighted by Crippen LogP contribution is -2.41. The van der Waals surface area contributed by atoms with E-state index in [1.807, 2.05) is 30.3 Å². The number of ether oxygens (including phenoxy) is 1. The van der Waals surface area contributed by atoms with Crippen LogP contribution in [0.15, 0.2) is 54.6 Å². The molecule has 154 valence electrons. The third kappa shape index (κ3) is 7.63. The van der Waals surface area contributed by atoms with E-state index >= 15 is 0 Å². The summed E-state index contributed by atoms with van der Waals surface area (Å²) < 4.78 is 5.13. The van der Waals surface area contributed by atoms with E-state index in [1.54, 1.807) is 24.3 Å². The summed E-state index contributed by atoms with van der Waals surface area (Å²) in [5.41, 5.74) is 7.39. The molecule has 0 heterocycles. The van der Waals surface area contributed by atoms with Crippen LogP contribution in [0.4, 0.5) is 4.79 Å². The highest BCUT2D eigenvalue weighted by Gasteiger charge is 2.20. The van der Waals surface area contributed by atoms with Gasteiger partial charge in [-0.2, -0.15) is 0 Å². The van der Waals surface area contributed by atoms with Gasteiger partial charge in [-0.1, -0.05) is 42.5 Å². The van der Waals surface area contributed by atoms with E-state index in [2.05, 4.69) is 10.6 Å². The molecular formula is C21H25N3O5. The van der Waals surface area contributed by atoms with Gasteiger partial charge >= 0.3 is 12.1 Å². The van der Waals surface area contributed by atoms with Crippen molar-refractivity contribution in [2.24, 2.45) is 5.73 Å². The van der Waals surface area contributed by atoms with Crippen LogP contribution < -0.4 is 16.4 Å². The second kappa shape index (κ2) is 11.5. The Labute approximate surface area is 169 Å². The maximum absolute atomic E-state index is 12.2. The lowest BCUT2D eigenvalue weighted by Gasteiger charge is -2.14. The van der Waals surface area contributed by atoms with Crippen molar-refractivity contribution in [1.82, 2.24) is 10.6 Å². The molecule has 29 heavy (non-hydrogen) atoms. The summed E-state index contributed by atoms with van der Waals surface area (Å²) in [5.74, 6) is -1.57. The van der Waals surface area contributed by atoms with Crippen LogP contribution in [-0.2, 0) is 22.7 Å². The molecular weight excluding hydrogens is 374 g/mol. The number of carbonyl (C=O) groups is 3. The number of aliphatic carboxylic acids is 1. The topological polar surface area (TPSA) is 131 Å². The molecule has 0 spiro atoms. The van der Waals surface area contributed by atoms with Gasteiger partial charge in [0, 0.05) is 12.1 Å². The van der Waals surface area contributed by atoms with Crippen molar-refractivity contribution in [1.29, 1.82) is 0 Å². The average molecular weight is 399 g/mol. The number of nitrogens with one attached hydrogen (secondary N) is 2. The number of carboxylic acids is 1. The summed E-state index contributed by atoms with van der Waals surface area (Å²) in [7, 11) is 0. The number of benzene rings is 2. The second-order valence-electron chi connectivity index (χ2n) is 6.41. The van der Waals surface area contributed by atoms with Crippen LogP contribution in [0, 0.1) is 0 Å². The normalized spacial score (nSPS) is 11.3. The molecule has 8 heteroatoms. The monoisotopic (exact) mass is 399 g/mol. The van der Waals surface area contributed by atoms with Crippen LogP contribution in [-0.4, -0.2) is 35.7 Å². The number of alkyl carbamates (subject to hydrolysis) is 1. The van der Waals surface area contributed by atoms with Crippen molar-refractivity contribution in [2.45, 2.75) is 32.0 Å². The maximum Gasteiger partial charge on any atom is 0.407 e. The summed E-state index contributed by atoms with van der Waals surface area (Å²) in [6, 6.07) is 14.9. The molecule has 2 aromatic rings. The van der Waals surface area contributed by atoms with Crippen LogP contribution >= 0.6 is 0 Å². The van der Waals surface area contributed by atoms with E-state index in [1.165, 1.54) is 0 Å². The molecule has 0 aliphatic rings. The summed E-state index contributed by atoms with van der Waals surface area (Å²) in [6.45, 7) is 0.777. The lowest BCUT2D eigenvalue weighted by molar-refractivity contribution is -0.139. The zero-order chi connectivity index (χ0) is 21.1. The van der Waals surface area contributed by atoms with E-state index < -0.39 is 24.0 Å². The summed E-state index contributed by atoms with van der Waals surface area (Å²) in [4.78, 5) is 35.2. The molecule has 0 unspecified atom stereocenters. The number of hydrogen-bond donors (Lipinski definition) is 4. The highest BCUT2D eigenvalue weighted by atomic mass is 16.5. The Morgan fingerprint density at radius 1 is 1.00 bits per heavy atom. The molecule has 0 aliphatic heterocycles. The van der Waals surface area contributed by atoms with Crippen LogP contribution in [0.3, 0.4) is 0 Å². The number of nitrogens with two attached hydrogens (primary N) is 1. The van der Waals surface area contributed by atoms with Crippen molar-refractivity contribution < 1.29 is 24.2 Å². The molecule has 2 aromatic carbocycles. The quantitative estimate of drug-likeness (QED) is 0.484. The Morgan fingerprint density at radius 3 is 2.31 bits per heavy atom. The van der Waals surface area contributed by atoms with E-state index in [4.69, 9.17) is 10.5 Å². The minimum Gasteiger partial charge on any atom is -0.480 e. The largest absolute Gasteiger partial charge is 0.480 e. The first-order chi connectivity index (χ1) is 14.0. The van der Waals surface area contributed by atoms with Gasteiger partial charge in [0.1, 0.15) is 12.6 Å². The Morgan fingerprint density at radius 2 is 1.69 bits per heavy atom. The molecule has 2 amide bonds. The summed E-state index contributed by atoms with van der Waals surface area (Å²) >= 11 is 0. The lowest BCUT2D eigenvalue weighted by atomic mass is 10.1. The van der Waals surface area contributed by atoms with Gasteiger partial charge in [-0.3, -0.25) is 4.79 Å². The number of amides is 2. The molecule has 0 radical (unpaired) electrons. The van der Waals surface area contributed by atoms with Gasteiger partial charge in [-0.05, 0) is 42.6 Å². The second-order valence-corrected chi connectivity index (χ2v) is 6.41. The third-order valence-electron chi connectivity index (χ3n) is 4.17. The Kier molecular flexibility index (Phi) is 8.65. The van der Waals surface area contributed by atoms with Crippen LogP contribution in [0.5, 0.6) is 0 Å². The molecule has 0 aliphatic carbocycles. The molecule has 8 nitrogen and oxygen atoms in total. The smallest absolute Gasteiger partial charge is 0.407 e. The van der Waals surface area contributed by atoms with E-state index in [-0.39, 0.29) is 19.6 Å². The van der Waals surface area contributed by atoms with Gasteiger partial charge in [0.15, 0.2) is 0 Å². The molecule has 0 saturated carbocycles. The fraction of sp³-hybridized carbons (Fsp3) is 0.286. The molecule has 0 saturated heterocycles. The summed E-state index contributed by atoms with van der Waals surface area (Å²) in [6.07, 6.45) is 0.229. The van der Waals surface area contributed by atoms with Crippen molar-refractivity contribution in [3.8, 4) is 0 Å². The Hall–Kier alpha value is -3.39. The average Bonchev–Trinajstić information content (AvgIpc) is 2.74. The summed E-state index contributed by atoms with van der Waals surface area (Å²) in [5, 5.41) is 14.3. The van der Waals surface area contributed by atoms with Gasteiger partial charge in [0.2, 0.25) is 0 Å². The number of hydrogen-bond acceptors (Lipinski definition) is 5. The first kappa shape index (κ1) is 21.9. The van der Waals surface area contributed by atoms with E-state index in [9.17, 15) is 19.5 Å². The van der Waals surface area contributed by atoms with Crippen LogP contribution in [0.1, 0.15) is 34.3 Å². The standard InChI is InChI=1S/C21H25N3O5/c22-12-4-7-18(20(26)27)24-19(25)17-10-8-15(9-11-17)13-23-21(28)29-14-16-5-2-1-3-6-16/h1-3,5-6,8-11,18H,4,7,12-14,22H2,(H,23,28)(H,24,25)(H,26,27)/t18-/m0/s1. The third-order valence-corrected chi connectivity index (χ3v) is 4.17. The van der Waals surface area contributed by atoms with Gasteiger partial charge in [-0.15, -0.1) is 0 Å². The molecule has 1 atom stereocenters. The fourth-order valence-electron chi connectivity index (χ4n) is 2.54. The van der Waals surface area contributed by atoms with Crippen LogP contribution in [0.25, 0.3) is 0 Å². The van der Waals surface area contributed by atoms with Crippen molar-refractivity contribution in [3.05, 3.63) is 71.3 Å². The molecule has 0 fully saturated rings. The van der Waals surface area contributed by atoms with Crippen LogP contribution in [0.2, 0.25) is 0 Å². The first-order valence-electron chi connectivity index (χ1n) is 9.27. The zero-order valence-corrected chi connectivity index (χ0v) is 16.0. The Balaban J connectivity index is 1.80. The number of rotatable bonds is 10. The van der Waals surface area contributed by atoms with E-state index in [0.29, 0.717) is 18.5 Å². The Bertz CT molecular complexity index is 809. The number of carbonyl (C=O) groups excluding carboxylic acids is 2. The molecule has 2 rings (SSSR count). The van der Waals surface area contributed by atoms with Gasteiger partial charge in [-0.25, -0.2) is 9.59 Å². The molecule has 0 bridgehead atoms. The van der Waals surface area contributed by atoms with Crippen molar-refractivity contribution in [2.75, 3.05) is 6.54 Å². The van der Waals surface area contributed by atoms with Crippen molar-refractivity contribution >= 4 is 18.0 Å². The van der Waals surface area contributed by atoms with Gasteiger partial charge in [0.05, 0.1) is 0 Å². The fourth-order valence-corrected chi connectivity index (χ4v) is 2.54. The highest BCUT2D eigenvalue weighted by molar-refractivity contribution is 5.96. The zero-order valence-electron chi connectivity index (χ0n) is 16.0. The maximum atomic E-state index is 12.2. The molecule has 0 aromatic heterocycles. The van der Waals surface area contributed by atoms with Gasteiger partial charge in [0.25, 0.3) is 5.91 Å². The highest BCUT2D eigenvalue weighted by Crippen LogP contribution is 2.07. The molecule has 5 N–H and O–H groups in total. The van der Waals surface area contributed by atoms with Gasteiger partial charge < -0.3 is 26.2 Å². The van der Waals surface area contributed by atoms with Crippen molar-refractivity contribution in [3.63, 3.8) is 0 Å². The predicted molar refractivity (Wildman–Crippen MR) is 107 cm³/mol. The van der Waals surface area contributed by atoms with E-state index in [0.717, 1.165) is 11.1 Å². The predicted octanol–water partition coefficient (Wildman–Crippen LogP) is 2.03. The minimum atomic E-state index is -1.10. The number of carboxylic acid groups (broad SMARTS) is 1. The minimum absolute atomic E-state index is 0.181. The SMILES string of the molecule is NCCC[C@H](NC(=O)c1ccc(CNC(=O)OCc2ccccc2)cc1)C(=O)O.